The van der Waals surface area contributed by atoms with Gasteiger partial charge in [0.15, 0.2) is 0 Å². The van der Waals surface area contributed by atoms with Crippen molar-refractivity contribution in [2.45, 2.75) is 58.4 Å². The summed E-state index contributed by atoms with van der Waals surface area (Å²) in [5.74, 6) is 0.0645. The lowest BCUT2D eigenvalue weighted by molar-refractivity contribution is -0.116. The molecule has 4 rings (SSSR count). The van der Waals surface area contributed by atoms with Gasteiger partial charge in [0.1, 0.15) is 10.0 Å². The lowest BCUT2D eigenvalue weighted by atomic mass is 9.95. The summed E-state index contributed by atoms with van der Waals surface area (Å²) in [6.07, 6.45) is 9.73. The number of carbonyl (C=O) groups excluding carboxylic acids is 1. The van der Waals surface area contributed by atoms with Crippen molar-refractivity contribution < 1.29 is 4.79 Å². The fraction of sp³-hybridized carbons (Fsp3) is 0.435. The third-order valence-corrected chi connectivity index (χ3v) is 7.62. The number of aryl methyl sites for hydroxylation is 1. The Balaban J connectivity index is 1.57. The van der Waals surface area contributed by atoms with E-state index < -0.39 is 0 Å². The van der Waals surface area contributed by atoms with E-state index in [1.807, 2.05) is 18.3 Å². The van der Waals surface area contributed by atoms with Gasteiger partial charge >= 0.3 is 0 Å². The highest BCUT2D eigenvalue weighted by Crippen LogP contribution is 2.45. The van der Waals surface area contributed by atoms with Gasteiger partial charge < -0.3 is 10.6 Å². The number of fused-ring (bicyclic) bond motifs is 1. The number of pyridine rings is 1. The quantitative estimate of drug-likeness (QED) is 0.483. The third-order valence-electron chi connectivity index (χ3n) is 5.56. The van der Waals surface area contributed by atoms with E-state index in [0.717, 1.165) is 46.1 Å². The van der Waals surface area contributed by atoms with E-state index in [1.54, 1.807) is 28.9 Å². The van der Waals surface area contributed by atoms with Crippen molar-refractivity contribution in [3.63, 3.8) is 0 Å². The fourth-order valence-electron chi connectivity index (χ4n) is 3.68. The Morgan fingerprint density at radius 2 is 2.17 bits per heavy atom. The molecule has 0 radical (unpaired) electrons. The number of hydrogen-bond donors (Lipinski definition) is 2. The number of carbonyl (C=O) groups is 1. The summed E-state index contributed by atoms with van der Waals surface area (Å²) in [6, 6.07) is 4.39. The Hall–Kier alpha value is -2.09. The number of hydrogen-bond acceptors (Lipinski definition) is 6. The van der Waals surface area contributed by atoms with Crippen LogP contribution in [-0.4, -0.2) is 28.5 Å². The normalized spacial score (nSPS) is 14.3. The minimum absolute atomic E-state index is 0.0645. The number of rotatable bonds is 8. The van der Waals surface area contributed by atoms with E-state index >= 15 is 0 Å². The Morgan fingerprint density at radius 3 is 2.97 bits per heavy atom. The highest BCUT2D eigenvalue weighted by molar-refractivity contribution is 7.18. The van der Waals surface area contributed by atoms with Crippen LogP contribution in [0.25, 0.3) is 21.8 Å². The smallest absolute Gasteiger partial charge is 0.226 e. The molecule has 0 bridgehead atoms. The van der Waals surface area contributed by atoms with Gasteiger partial charge in [-0.1, -0.05) is 6.92 Å². The van der Waals surface area contributed by atoms with Gasteiger partial charge in [-0.3, -0.25) is 9.78 Å². The van der Waals surface area contributed by atoms with Crippen LogP contribution in [0.3, 0.4) is 0 Å². The summed E-state index contributed by atoms with van der Waals surface area (Å²) >= 11 is 3.38. The van der Waals surface area contributed by atoms with Crippen LogP contribution in [-0.2, 0) is 17.6 Å². The summed E-state index contributed by atoms with van der Waals surface area (Å²) < 4.78 is 0. The van der Waals surface area contributed by atoms with Gasteiger partial charge in [-0.15, -0.1) is 22.7 Å². The first-order valence-electron chi connectivity index (χ1n) is 10.7. The van der Waals surface area contributed by atoms with Gasteiger partial charge in [-0.2, -0.15) is 0 Å². The Bertz CT molecular complexity index is 996. The lowest BCUT2D eigenvalue weighted by Crippen LogP contribution is -2.28. The first-order valence-corrected chi connectivity index (χ1v) is 12.4. The van der Waals surface area contributed by atoms with Crippen LogP contribution >= 0.6 is 22.7 Å². The topological polar surface area (TPSA) is 66.9 Å². The Morgan fingerprint density at radius 1 is 1.30 bits per heavy atom. The van der Waals surface area contributed by atoms with Crippen molar-refractivity contribution in [1.29, 1.82) is 0 Å². The maximum atomic E-state index is 12.6. The highest BCUT2D eigenvalue weighted by atomic mass is 32.1. The molecule has 0 saturated heterocycles. The second kappa shape index (κ2) is 9.81. The van der Waals surface area contributed by atoms with Gasteiger partial charge in [0.25, 0.3) is 0 Å². The fourth-order valence-corrected chi connectivity index (χ4v) is 5.96. The number of aromatic nitrogens is 2. The number of nitrogens with one attached hydrogen (secondary N) is 2. The summed E-state index contributed by atoms with van der Waals surface area (Å²) in [5, 5.41) is 10.6. The van der Waals surface area contributed by atoms with Gasteiger partial charge in [0.05, 0.1) is 5.69 Å². The summed E-state index contributed by atoms with van der Waals surface area (Å²) in [6.45, 7) is 4.99. The molecule has 158 valence electrons. The molecule has 2 N–H and O–H groups in total. The van der Waals surface area contributed by atoms with Crippen LogP contribution in [0, 0.1) is 0 Å². The van der Waals surface area contributed by atoms with Crippen LogP contribution in [0.2, 0.25) is 0 Å². The highest BCUT2D eigenvalue weighted by Gasteiger charge is 2.25. The molecule has 1 amide bonds. The van der Waals surface area contributed by atoms with Crippen molar-refractivity contribution in [3.05, 3.63) is 40.3 Å². The zero-order valence-corrected chi connectivity index (χ0v) is 19.2. The maximum Gasteiger partial charge on any atom is 0.226 e. The molecule has 0 aliphatic heterocycles. The number of thiophene rings is 1. The summed E-state index contributed by atoms with van der Waals surface area (Å²) in [5.41, 5.74) is 4.48. The van der Waals surface area contributed by atoms with E-state index in [2.05, 4.69) is 34.8 Å². The minimum atomic E-state index is 0.0645. The summed E-state index contributed by atoms with van der Waals surface area (Å²) in [4.78, 5) is 23.2. The van der Waals surface area contributed by atoms with Gasteiger partial charge in [-0.25, -0.2) is 4.98 Å². The predicted molar refractivity (Wildman–Crippen MR) is 126 cm³/mol. The molecule has 3 aromatic rings. The number of nitrogens with zero attached hydrogens (tertiary/aromatic N) is 2. The van der Waals surface area contributed by atoms with Crippen molar-refractivity contribution in [3.8, 4) is 21.8 Å². The second-order valence-corrected chi connectivity index (χ2v) is 9.72. The molecule has 0 unspecified atom stereocenters. The third kappa shape index (κ3) is 4.79. The van der Waals surface area contributed by atoms with Crippen LogP contribution < -0.4 is 10.6 Å². The maximum absolute atomic E-state index is 12.6. The van der Waals surface area contributed by atoms with Crippen molar-refractivity contribution in [2.75, 3.05) is 11.9 Å². The van der Waals surface area contributed by atoms with E-state index in [1.165, 1.54) is 23.3 Å². The average Bonchev–Trinajstić information content (AvgIpc) is 3.38. The second-order valence-electron chi connectivity index (χ2n) is 7.76. The molecule has 5 nitrogen and oxygen atoms in total. The van der Waals surface area contributed by atoms with Gasteiger partial charge in [-0.05, 0) is 56.7 Å². The molecule has 30 heavy (non-hydrogen) atoms. The van der Waals surface area contributed by atoms with E-state index in [9.17, 15) is 4.79 Å². The van der Waals surface area contributed by atoms with E-state index in [-0.39, 0.29) is 5.91 Å². The van der Waals surface area contributed by atoms with Crippen LogP contribution in [0.15, 0.2) is 29.9 Å². The molecule has 3 heterocycles. The van der Waals surface area contributed by atoms with Crippen LogP contribution in [0.4, 0.5) is 5.00 Å². The van der Waals surface area contributed by atoms with Crippen molar-refractivity contribution in [2.24, 2.45) is 0 Å². The SMILES string of the molecule is CC[C@H](C)NCCC(=O)Nc1sc2c(c1-c1nc(-c3cccnc3)cs1)CCCC2. The van der Waals surface area contributed by atoms with Crippen molar-refractivity contribution >= 4 is 33.6 Å². The molecule has 1 aliphatic carbocycles. The van der Waals surface area contributed by atoms with Gasteiger partial charge in [0, 0.05) is 52.8 Å². The molecule has 0 fully saturated rings. The molecular formula is C23H28N4OS2. The predicted octanol–water partition coefficient (Wildman–Crippen LogP) is 5.53. The van der Waals surface area contributed by atoms with Crippen LogP contribution in [0.1, 0.15) is 50.0 Å². The Kier molecular flexibility index (Phi) is 6.92. The van der Waals surface area contributed by atoms with Crippen LogP contribution in [0.5, 0.6) is 0 Å². The number of amides is 1. The summed E-state index contributed by atoms with van der Waals surface area (Å²) in [7, 11) is 0. The molecule has 1 aliphatic rings. The minimum Gasteiger partial charge on any atom is -0.317 e. The molecule has 3 aromatic heterocycles. The monoisotopic (exact) mass is 440 g/mol. The van der Waals surface area contributed by atoms with E-state index in [4.69, 9.17) is 4.98 Å². The molecule has 0 aromatic carbocycles. The largest absolute Gasteiger partial charge is 0.317 e. The zero-order valence-electron chi connectivity index (χ0n) is 17.5. The average molecular weight is 441 g/mol. The van der Waals surface area contributed by atoms with Crippen molar-refractivity contribution in [1.82, 2.24) is 15.3 Å². The molecule has 0 saturated carbocycles. The first kappa shape index (κ1) is 21.2. The molecule has 7 heteroatoms. The first-order chi connectivity index (χ1) is 14.7. The number of thiazole rings is 1. The van der Waals surface area contributed by atoms with Gasteiger partial charge in [0.2, 0.25) is 5.91 Å². The Labute approximate surface area is 186 Å². The lowest BCUT2D eigenvalue weighted by Gasteiger charge is -2.12. The zero-order chi connectivity index (χ0) is 20.9. The molecular weight excluding hydrogens is 412 g/mol. The standard InChI is InChI=1S/C23H28N4OS2/c1-3-15(2)25-12-10-20(28)27-23-21(17-8-4-5-9-19(17)30-23)22-26-18(14-29-22)16-7-6-11-24-13-16/h6-7,11,13-15,25H,3-5,8-10,12H2,1-2H3,(H,27,28)/t15-/m0/s1. The number of anilines is 1. The molecule has 0 spiro atoms. The van der Waals surface area contributed by atoms with E-state index in [0.29, 0.717) is 19.0 Å². The molecule has 1 atom stereocenters.